The summed E-state index contributed by atoms with van der Waals surface area (Å²) in [4.78, 5) is 15.8. The van der Waals surface area contributed by atoms with Gasteiger partial charge < -0.3 is 4.57 Å². The Morgan fingerprint density at radius 1 is 0.265 bits per heavy atom. The molecule has 68 heavy (non-hydrogen) atoms. The van der Waals surface area contributed by atoms with E-state index in [0.717, 1.165) is 71.9 Å². The van der Waals surface area contributed by atoms with Gasteiger partial charge in [0, 0.05) is 38.2 Å². The van der Waals surface area contributed by atoms with Crippen molar-refractivity contribution in [1.29, 1.82) is 0 Å². The Hall–Kier alpha value is -9.19. The fourth-order valence-electron chi connectivity index (χ4n) is 10.7. The lowest BCUT2D eigenvalue weighted by atomic mass is 9.92. The molecule has 0 aliphatic carbocycles. The van der Waals surface area contributed by atoms with Crippen molar-refractivity contribution in [3.63, 3.8) is 0 Å². The Morgan fingerprint density at radius 2 is 0.721 bits per heavy atom. The number of rotatable bonds is 6. The van der Waals surface area contributed by atoms with Crippen LogP contribution in [0.2, 0.25) is 0 Å². The number of hydrogen-bond donors (Lipinski definition) is 0. The Labute approximate surface area is 391 Å². The van der Waals surface area contributed by atoms with Gasteiger partial charge in [-0.1, -0.05) is 206 Å². The van der Waals surface area contributed by atoms with Crippen LogP contribution in [0.25, 0.3) is 133 Å². The second-order valence-corrected chi connectivity index (χ2v) is 17.5. The Bertz CT molecular complexity index is 4270. The molecule has 5 nitrogen and oxygen atoms in total. The molecule has 316 valence electrons. The number of nitrogens with zero attached hydrogens (tertiary/aromatic N) is 5. The maximum atomic E-state index is 5.33. The molecule has 0 bridgehead atoms. The van der Waals surface area contributed by atoms with E-state index in [9.17, 15) is 0 Å². The van der Waals surface area contributed by atoms with E-state index in [1.165, 1.54) is 43.1 Å². The first-order chi connectivity index (χ1) is 33.7. The summed E-state index contributed by atoms with van der Waals surface area (Å²) >= 11 is 0. The maximum Gasteiger partial charge on any atom is 0.238 e. The van der Waals surface area contributed by atoms with Crippen LogP contribution >= 0.6 is 0 Å². The number of hydrogen-bond acceptors (Lipinski definition) is 3. The van der Waals surface area contributed by atoms with Crippen LogP contribution in [0.5, 0.6) is 0 Å². The smallest absolute Gasteiger partial charge is 0.238 e. The quantitative estimate of drug-likeness (QED) is 0.156. The first kappa shape index (κ1) is 38.1. The van der Waals surface area contributed by atoms with Crippen LogP contribution in [0.3, 0.4) is 0 Å². The van der Waals surface area contributed by atoms with Crippen LogP contribution in [-0.4, -0.2) is 24.1 Å². The average Bonchev–Trinajstić information content (AvgIpc) is 3.94. The lowest BCUT2D eigenvalue weighted by Gasteiger charge is -2.16. The zero-order valence-corrected chi connectivity index (χ0v) is 36.8. The van der Waals surface area contributed by atoms with Crippen LogP contribution in [0.4, 0.5) is 0 Å². The van der Waals surface area contributed by atoms with E-state index in [4.69, 9.17) is 15.0 Å². The molecule has 0 saturated carbocycles. The van der Waals surface area contributed by atoms with Gasteiger partial charge in [-0.25, -0.2) is 4.98 Å². The predicted molar refractivity (Wildman–Crippen MR) is 283 cm³/mol. The molecule has 0 fully saturated rings. The third-order valence-electron chi connectivity index (χ3n) is 13.8. The van der Waals surface area contributed by atoms with Gasteiger partial charge >= 0.3 is 0 Å². The van der Waals surface area contributed by atoms with Crippen molar-refractivity contribution in [3.8, 4) is 56.7 Å². The van der Waals surface area contributed by atoms with Gasteiger partial charge in [0.2, 0.25) is 5.95 Å². The van der Waals surface area contributed by atoms with Gasteiger partial charge in [-0.15, -0.1) is 0 Å². The normalized spacial score (nSPS) is 11.8. The average molecular weight is 866 g/mol. The van der Waals surface area contributed by atoms with Gasteiger partial charge in [0.05, 0.1) is 27.8 Å². The second kappa shape index (κ2) is 15.2. The molecule has 3 aromatic heterocycles. The SMILES string of the molecule is c1ccc(-c2ccc(-c3nc(-c4ccccc4)nc(-n4c5ccccc5c5c4ccc4c6ccccc6n(-c6ccccc6-c6ccc7c8ccccc8c8ccccc8c7c6)c45)n3)cc2)cc1. The molecule has 0 radical (unpaired) electrons. The molecule has 0 spiro atoms. The van der Waals surface area contributed by atoms with E-state index in [-0.39, 0.29) is 0 Å². The number of benzene rings is 11. The molecular formula is C63H39N5. The third kappa shape index (κ3) is 5.86. The Kier molecular flexibility index (Phi) is 8.52. The molecule has 0 saturated heterocycles. The minimum atomic E-state index is 0.561. The van der Waals surface area contributed by atoms with E-state index in [2.05, 4.69) is 221 Å². The zero-order valence-electron chi connectivity index (χ0n) is 36.8. The maximum absolute atomic E-state index is 5.33. The van der Waals surface area contributed by atoms with Crippen LogP contribution in [0.1, 0.15) is 0 Å². The minimum Gasteiger partial charge on any atom is -0.308 e. The standard InChI is InChI=1S/C63H39N5/c1-3-17-40(18-4-1)41-31-33-43(34-32-41)62-64-61(42-19-5-2-6-20-42)65-63(66-62)68-57-30-16-13-27-53(57)59-58(68)38-37-52-51-26-12-15-29-56(51)67(60(52)59)55-28-14-11-21-45(55)44-35-36-50-48-24-8-7-22-46(48)47-23-9-10-25-49(47)54(50)39-44/h1-39H. The molecule has 3 heterocycles. The van der Waals surface area contributed by atoms with Gasteiger partial charge in [-0.2, -0.15) is 9.97 Å². The first-order valence-corrected chi connectivity index (χ1v) is 23.1. The van der Waals surface area contributed by atoms with Crippen molar-refractivity contribution >= 4 is 75.9 Å². The van der Waals surface area contributed by atoms with E-state index < -0.39 is 0 Å². The van der Waals surface area contributed by atoms with E-state index in [0.29, 0.717) is 17.6 Å². The van der Waals surface area contributed by atoms with Crippen molar-refractivity contribution in [2.45, 2.75) is 0 Å². The molecule has 0 aliphatic rings. The first-order valence-electron chi connectivity index (χ1n) is 23.1. The van der Waals surface area contributed by atoms with Crippen molar-refractivity contribution in [3.05, 3.63) is 237 Å². The van der Waals surface area contributed by atoms with Gasteiger partial charge in [0.25, 0.3) is 0 Å². The fraction of sp³-hybridized carbons (Fsp3) is 0. The Balaban J connectivity index is 1.02. The summed E-state index contributed by atoms with van der Waals surface area (Å²) in [5.41, 5.74) is 11.9. The lowest BCUT2D eigenvalue weighted by Crippen LogP contribution is -2.06. The molecule has 14 rings (SSSR count). The van der Waals surface area contributed by atoms with E-state index in [1.807, 2.05) is 24.3 Å². The summed E-state index contributed by atoms with van der Waals surface area (Å²) in [6.07, 6.45) is 0. The number of aromatic nitrogens is 5. The van der Waals surface area contributed by atoms with Crippen LogP contribution < -0.4 is 0 Å². The predicted octanol–water partition coefficient (Wildman–Crippen LogP) is 16.2. The van der Waals surface area contributed by atoms with Crippen LogP contribution in [0.15, 0.2) is 237 Å². The van der Waals surface area contributed by atoms with Crippen LogP contribution in [-0.2, 0) is 0 Å². The number of fused-ring (bicyclic) bond motifs is 13. The van der Waals surface area contributed by atoms with Crippen LogP contribution in [0, 0.1) is 0 Å². The molecule has 0 unspecified atom stereocenters. The summed E-state index contributed by atoms with van der Waals surface area (Å²) in [5.74, 6) is 1.79. The summed E-state index contributed by atoms with van der Waals surface area (Å²) in [7, 11) is 0. The highest BCUT2D eigenvalue weighted by Crippen LogP contribution is 2.44. The topological polar surface area (TPSA) is 48.5 Å². The van der Waals surface area contributed by atoms with Crippen molar-refractivity contribution in [2.24, 2.45) is 0 Å². The van der Waals surface area contributed by atoms with Crippen molar-refractivity contribution in [1.82, 2.24) is 24.1 Å². The molecular weight excluding hydrogens is 827 g/mol. The van der Waals surface area contributed by atoms with Gasteiger partial charge in [-0.05, 0) is 79.3 Å². The molecule has 5 heteroatoms. The van der Waals surface area contributed by atoms with Gasteiger partial charge in [-0.3, -0.25) is 4.57 Å². The van der Waals surface area contributed by atoms with Gasteiger partial charge in [0.15, 0.2) is 11.6 Å². The lowest BCUT2D eigenvalue weighted by molar-refractivity contribution is 0.953. The molecule has 14 aromatic rings. The Morgan fingerprint density at radius 3 is 1.40 bits per heavy atom. The summed E-state index contributed by atoms with van der Waals surface area (Å²) in [6.45, 7) is 0. The highest BCUT2D eigenvalue weighted by molar-refractivity contribution is 6.27. The second-order valence-electron chi connectivity index (χ2n) is 17.5. The minimum absolute atomic E-state index is 0.561. The highest BCUT2D eigenvalue weighted by atomic mass is 15.2. The van der Waals surface area contributed by atoms with Crippen molar-refractivity contribution < 1.29 is 0 Å². The molecule has 0 aliphatic heterocycles. The van der Waals surface area contributed by atoms with E-state index in [1.54, 1.807) is 0 Å². The van der Waals surface area contributed by atoms with Gasteiger partial charge in [0.1, 0.15) is 0 Å². The highest BCUT2D eigenvalue weighted by Gasteiger charge is 2.24. The summed E-state index contributed by atoms with van der Waals surface area (Å²) < 4.78 is 4.72. The molecule has 11 aromatic carbocycles. The van der Waals surface area contributed by atoms with E-state index >= 15 is 0 Å². The molecule has 0 N–H and O–H groups in total. The molecule has 0 atom stereocenters. The largest absolute Gasteiger partial charge is 0.308 e. The summed E-state index contributed by atoms with van der Waals surface area (Å²) in [5, 5.41) is 12.2. The van der Waals surface area contributed by atoms with Crippen molar-refractivity contribution in [2.75, 3.05) is 0 Å². The zero-order chi connectivity index (χ0) is 44.7. The fourth-order valence-corrected chi connectivity index (χ4v) is 10.7. The molecule has 0 amide bonds. The number of para-hydroxylation sites is 3. The third-order valence-corrected chi connectivity index (χ3v) is 13.8. The summed E-state index contributed by atoms with van der Waals surface area (Å²) in [6, 6.07) is 84.7. The monoisotopic (exact) mass is 865 g/mol.